The van der Waals surface area contributed by atoms with Crippen molar-refractivity contribution in [2.24, 2.45) is 0 Å². The first-order chi connectivity index (χ1) is 9.18. The van der Waals surface area contributed by atoms with Crippen molar-refractivity contribution in [1.29, 1.82) is 0 Å². The molecule has 0 aliphatic carbocycles. The lowest BCUT2D eigenvalue weighted by atomic mass is 10.2. The van der Waals surface area contributed by atoms with E-state index in [1.807, 2.05) is 0 Å². The van der Waals surface area contributed by atoms with Gasteiger partial charge in [-0.15, -0.1) is 0 Å². The monoisotopic (exact) mass is 264 g/mol. The van der Waals surface area contributed by atoms with Gasteiger partial charge in [-0.2, -0.15) is 5.10 Å². The Hall–Kier alpha value is -2.71. The molecular formula is C10H12N6O3. The van der Waals surface area contributed by atoms with Crippen molar-refractivity contribution in [2.75, 3.05) is 6.54 Å². The number of carboxylic acids is 1. The van der Waals surface area contributed by atoms with Crippen molar-refractivity contribution < 1.29 is 14.7 Å². The van der Waals surface area contributed by atoms with Crippen LogP contribution in [-0.4, -0.2) is 48.7 Å². The quantitative estimate of drug-likeness (QED) is 0.523. The molecule has 2 aromatic rings. The minimum atomic E-state index is -1.22. The van der Waals surface area contributed by atoms with E-state index in [1.165, 1.54) is 12.7 Å². The molecule has 0 atom stereocenters. The number of imidazole rings is 1. The largest absolute Gasteiger partial charge is 0.477 e. The van der Waals surface area contributed by atoms with Gasteiger partial charge in [-0.3, -0.25) is 9.89 Å². The number of aromatic nitrogens is 5. The lowest BCUT2D eigenvalue weighted by Gasteiger charge is -2.02. The molecule has 0 spiro atoms. The lowest BCUT2D eigenvalue weighted by molar-refractivity contribution is 0.0685. The van der Waals surface area contributed by atoms with Crippen LogP contribution in [-0.2, 0) is 6.42 Å². The molecule has 0 aliphatic heterocycles. The third-order valence-electron chi connectivity index (χ3n) is 2.41. The predicted octanol–water partition coefficient (Wildman–Crippen LogP) is -0.411. The van der Waals surface area contributed by atoms with Gasteiger partial charge in [0.2, 0.25) is 0 Å². The van der Waals surface area contributed by atoms with Gasteiger partial charge in [0.1, 0.15) is 12.2 Å². The number of rotatable bonds is 6. The molecule has 19 heavy (non-hydrogen) atoms. The van der Waals surface area contributed by atoms with Crippen molar-refractivity contribution in [2.45, 2.75) is 12.8 Å². The highest BCUT2D eigenvalue weighted by atomic mass is 16.4. The van der Waals surface area contributed by atoms with E-state index < -0.39 is 11.9 Å². The molecule has 1 amide bonds. The van der Waals surface area contributed by atoms with Crippen LogP contribution in [0.2, 0.25) is 0 Å². The van der Waals surface area contributed by atoms with Crippen LogP contribution in [0, 0.1) is 0 Å². The van der Waals surface area contributed by atoms with Gasteiger partial charge in [0.05, 0.1) is 6.33 Å². The zero-order valence-electron chi connectivity index (χ0n) is 9.88. The van der Waals surface area contributed by atoms with Crippen LogP contribution in [0.25, 0.3) is 0 Å². The van der Waals surface area contributed by atoms with Crippen LogP contribution >= 0.6 is 0 Å². The summed E-state index contributed by atoms with van der Waals surface area (Å²) < 4.78 is 0. The summed E-state index contributed by atoms with van der Waals surface area (Å²) in [6.07, 6.45) is 3.89. The van der Waals surface area contributed by atoms with E-state index in [4.69, 9.17) is 5.11 Å². The molecule has 2 aromatic heterocycles. The van der Waals surface area contributed by atoms with Crippen molar-refractivity contribution >= 4 is 11.9 Å². The van der Waals surface area contributed by atoms with Crippen LogP contribution in [0.15, 0.2) is 12.7 Å². The van der Waals surface area contributed by atoms with E-state index in [9.17, 15) is 9.59 Å². The van der Waals surface area contributed by atoms with E-state index in [0.717, 1.165) is 5.82 Å². The Morgan fingerprint density at radius 3 is 2.89 bits per heavy atom. The molecule has 4 N–H and O–H groups in total. The smallest absolute Gasteiger partial charge is 0.354 e. The van der Waals surface area contributed by atoms with Gasteiger partial charge in [0.25, 0.3) is 5.91 Å². The predicted molar refractivity (Wildman–Crippen MR) is 62.6 cm³/mol. The maximum Gasteiger partial charge on any atom is 0.354 e. The zero-order valence-corrected chi connectivity index (χ0v) is 9.88. The van der Waals surface area contributed by atoms with Crippen molar-refractivity contribution in [3.8, 4) is 0 Å². The van der Waals surface area contributed by atoms with Gasteiger partial charge in [0, 0.05) is 13.0 Å². The molecule has 2 rings (SSSR count). The molecule has 9 nitrogen and oxygen atoms in total. The van der Waals surface area contributed by atoms with Gasteiger partial charge >= 0.3 is 5.97 Å². The molecule has 0 fully saturated rings. The third kappa shape index (κ3) is 3.15. The first-order valence-corrected chi connectivity index (χ1v) is 5.57. The second-order valence-corrected chi connectivity index (χ2v) is 3.72. The summed E-state index contributed by atoms with van der Waals surface area (Å²) in [5.41, 5.74) is -0.333. The first kappa shape index (κ1) is 12.7. The number of aryl methyl sites for hydroxylation is 1. The summed E-state index contributed by atoms with van der Waals surface area (Å²) >= 11 is 0. The number of carbonyl (C=O) groups is 2. The normalized spacial score (nSPS) is 10.3. The summed E-state index contributed by atoms with van der Waals surface area (Å²) in [5, 5.41) is 17.8. The number of H-pyrrole nitrogens is 2. The minimum Gasteiger partial charge on any atom is -0.477 e. The molecule has 0 saturated carbocycles. The lowest BCUT2D eigenvalue weighted by Crippen LogP contribution is -2.27. The number of aromatic amines is 2. The molecular weight excluding hydrogens is 252 g/mol. The van der Waals surface area contributed by atoms with Gasteiger partial charge < -0.3 is 15.4 Å². The molecule has 0 radical (unpaired) electrons. The Morgan fingerprint density at radius 2 is 2.21 bits per heavy atom. The Bertz CT molecular complexity index is 562. The fourth-order valence-electron chi connectivity index (χ4n) is 1.52. The van der Waals surface area contributed by atoms with Gasteiger partial charge in [-0.25, -0.2) is 14.8 Å². The Kier molecular flexibility index (Phi) is 3.86. The van der Waals surface area contributed by atoms with E-state index in [-0.39, 0.29) is 11.4 Å². The average Bonchev–Trinajstić information content (AvgIpc) is 3.04. The average molecular weight is 264 g/mol. The van der Waals surface area contributed by atoms with Crippen molar-refractivity contribution in [3.05, 3.63) is 29.9 Å². The highest BCUT2D eigenvalue weighted by Gasteiger charge is 2.18. The van der Waals surface area contributed by atoms with Crippen LogP contribution in [0.5, 0.6) is 0 Å². The number of nitrogens with one attached hydrogen (secondary N) is 3. The van der Waals surface area contributed by atoms with Gasteiger partial charge in [-0.05, 0) is 6.42 Å². The highest BCUT2D eigenvalue weighted by Crippen LogP contribution is 2.02. The standard InChI is InChI=1S/C10H12N6O3/c17-9(7-8(10(18)19)14-4-13-7)11-3-1-2-6-12-5-15-16-6/h4-5H,1-3H2,(H,11,17)(H,13,14)(H,18,19)(H,12,15,16). The van der Waals surface area contributed by atoms with Crippen molar-refractivity contribution in [3.63, 3.8) is 0 Å². The van der Waals surface area contributed by atoms with Crippen LogP contribution < -0.4 is 5.32 Å². The molecule has 0 aliphatic rings. The van der Waals surface area contributed by atoms with Crippen LogP contribution in [0.4, 0.5) is 0 Å². The molecule has 0 bridgehead atoms. The highest BCUT2D eigenvalue weighted by molar-refractivity contribution is 6.02. The summed E-state index contributed by atoms with van der Waals surface area (Å²) in [5.74, 6) is -0.999. The minimum absolute atomic E-state index is 0.118. The molecule has 2 heterocycles. The van der Waals surface area contributed by atoms with E-state index in [2.05, 4.69) is 30.5 Å². The molecule has 0 unspecified atom stereocenters. The van der Waals surface area contributed by atoms with Gasteiger partial charge in [0.15, 0.2) is 11.4 Å². The maximum absolute atomic E-state index is 11.7. The second kappa shape index (κ2) is 5.76. The summed E-state index contributed by atoms with van der Waals surface area (Å²) in [7, 11) is 0. The fourth-order valence-corrected chi connectivity index (χ4v) is 1.52. The first-order valence-electron chi connectivity index (χ1n) is 5.57. The number of carbonyl (C=O) groups excluding carboxylic acids is 1. The van der Waals surface area contributed by atoms with E-state index in [1.54, 1.807) is 0 Å². The number of amides is 1. The third-order valence-corrected chi connectivity index (χ3v) is 2.41. The number of aromatic carboxylic acids is 1. The van der Waals surface area contributed by atoms with Crippen molar-refractivity contribution in [1.82, 2.24) is 30.5 Å². The summed E-state index contributed by atoms with van der Waals surface area (Å²) in [4.78, 5) is 32.5. The zero-order chi connectivity index (χ0) is 13.7. The van der Waals surface area contributed by atoms with Crippen LogP contribution in [0.1, 0.15) is 33.2 Å². The fraction of sp³-hybridized carbons (Fsp3) is 0.300. The van der Waals surface area contributed by atoms with E-state index in [0.29, 0.717) is 19.4 Å². The summed E-state index contributed by atoms with van der Waals surface area (Å²) in [6, 6.07) is 0. The number of hydrogen-bond donors (Lipinski definition) is 4. The molecule has 9 heteroatoms. The maximum atomic E-state index is 11.7. The SMILES string of the molecule is O=C(NCCCc1ncn[nH]1)c1nc[nH]c1C(=O)O. The number of carboxylic acid groups (broad SMARTS) is 1. The van der Waals surface area contributed by atoms with Crippen LogP contribution in [0.3, 0.4) is 0 Å². The van der Waals surface area contributed by atoms with Gasteiger partial charge in [-0.1, -0.05) is 0 Å². The number of nitrogens with zero attached hydrogens (tertiary/aromatic N) is 3. The second-order valence-electron chi connectivity index (χ2n) is 3.72. The summed E-state index contributed by atoms with van der Waals surface area (Å²) in [6.45, 7) is 0.394. The molecule has 0 saturated heterocycles. The Balaban J connectivity index is 1.81. The topological polar surface area (TPSA) is 137 Å². The van der Waals surface area contributed by atoms with E-state index >= 15 is 0 Å². The Morgan fingerprint density at radius 1 is 1.37 bits per heavy atom. The number of hydrogen-bond acceptors (Lipinski definition) is 5. The Labute approximate surface area is 107 Å². The molecule has 100 valence electrons. The molecule has 0 aromatic carbocycles.